The van der Waals surface area contributed by atoms with Crippen LogP contribution in [0.15, 0.2) is 24.3 Å². The standard InChI is InChI=1S/C19H26N2O4S/c1-15-2-4-16(5-3-15)18(22)6-7-19(23)21-11-9-20(10-12-21)17-8-13-26(24,25)14-17/h2-5,17H,6-14H2,1H3. The highest BCUT2D eigenvalue weighted by molar-refractivity contribution is 7.91. The summed E-state index contributed by atoms with van der Waals surface area (Å²) in [6, 6.07) is 7.50. The quantitative estimate of drug-likeness (QED) is 0.722. The second kappa shape index (κ2) is 7.88. The summed E-state index contributed by atoms with van der Waals surface area (Å²) >= 11 is 0. The lowest BCUT2D eigenvalue weighted by atomic mass is 10.0. The molecule has 0 radical (unpaired) electrons. The molecule has 1 aromatic carbocycles. The topological polar surface area (TPSA) is 74.8 Å². The minimum Gasteiger partial charge on any atom is -0.340 e. The van der Waals surface area contributed by atoms with Crippen molar-refractivity contribution in [3.8, 4) is 0 Å². The van der Waals surface area contributed by atoms with Gasteiger partial charge in [0.2, 0.25) is 5.91 Å². The molecule has 1 aromatic rings. The number of nitrogens with zero attached hydrogens (tertiary/aromatic N) is 2. The molecule has 2 heterocycles. The number of carbonyl (C=O) groups excluding carboxylic acids is 2. The van der Waals surface area contributed by atoms with Crippen LogP contribution in [0.4, 0.5) is 0 Å². The SMILES string of the molecule is Cc1ccc(C(=O)CCC(=O)N2CCN(C3CCS(=O)(=O)C3)CC2)cc1. The number of rotatable bonds is 5. The van der Waals surface area contributed by atoms with Crippen LogP contribution in [0, 0.1) is 6.92 Å². The molecule has 6 nitrogen and oxygen atoms in total. The third-order valence-electron chi connectivity index (χ3n) is 5.33. The molecule has 0 saturated carbocycles. The minimum atomic E-state index is -2.88. The number of benzene rings is 1. The Kier molecular flexibility index (Phi) is 5.77. The number of aryl methyl sites for hydroxylation is 1. The van der Waals surface area contributed by atoms with Gasteiger partial charge in [0.15, 0.2) is 15.6 Å². The number of hydrogen-bond donors (Lipinski definition) is 0. The lowest BCUT2D eigenvalue weighted by molar-refractivity contribution is -0.133. The first kappa shape index (κ1) is 19.0. The zero-order valence-electron chi connectivity index (χ0n) is 15.2. The third kappa shape index (κ3) is 4.71. The Labute approximate surface area is 155 Å². The van der Waals surface area contributed by atoms with Gasteiger partial charge in [-0.25, -0.2) is 8.42 Å². The van der Waals surface area contributed by atoms with E-state index in [1.54, 1.807) is 17.0 Å². The second-order valence-electron chi connectivity index (χ2n) is 7.26. The van der Waals surface area contributed by atoms with Crippen LogP contribution in [0.5, 0.6) is 0 Å². The van der Waals surface area contributed by atoms with E-state index >= 15 is 0 Å². The predicted molar refractivity (Wildman–Crippen MR) is 100.0 cm³/mol. The van der Waals surface area contributed by atoms with Gasteiger partial charge in [-0.2, -0.15) is 0 Å². The largest absolute Gasteiger partial charge is 0.340 e. The van der Waals surface area contributed by atoms with E-state index in [1.165, 1.54) is 0 Å². The van der Waals surface area contributed by atoms with E-state index in [0.717, 1.165) is 5.56 Å². The summed E-state index contributed by atoms with van der Waals surface area (Å²) in [5, 5.41) is 0. The highest BCUT2D eigenvalue weighted by Gasteiger charge is 2.34. The zero-order chi connectivity index (χ0) is 18.7. The maximum absolute atomic E-state index is 12.4. The molecule has 0 spiro atoms. The summed E-state index contributed by atoms with van der Waals surface area (Å²) in [5.41, 5.74) is 1.75. The summed E-state index contributed by atoms with van der Waals surface area (Å²) in [4.78, 5) is 28.6. The van der Waals surface area contributed by atoms with Gasteiger partial charge in [0, 0.05) is 50.6 Å². The van der Waals surface area contributed by atoms with Crippen molar-refractivity contribution >= 4 is 21.5 Å². The molecule has 0 N–H and O–H groups in total. The summed E-state index contributed by atoms with van der Waals surface area (Å²) in [5.74, 6) is 0.515. The highest BCUT2D eigenvalue weighted by Crippen LogP contribution is 2.19. The Hall–Kier alpha value is -1.73. The Bertz CT molecular complexity index is 765. The fraction of sp³-hybridized carbons (Fsp3) is 0.579. The van der Waals surface area contributed by atoms with Crippen molar-refractivity contribution in [3.63, 3.8) is 0 Å². The van der Waals surface area contributed by atoms with Crippen molar-refractivity contribution in [1.82, 2.24) is 9.80 Å². The number of piperazine rings is 1. The molecule has 0 bridgehead atoms. The van der Waals surface area contributed by atoms with E-state index in [4.69, 9.17) is 0 Å². The first-order chi connectivity index (χ1) is 12.3. The molecule has 7 heteroatoms. The first-order valence-electron chi connectivity index (χ1n) is 9.16. The number of hydrogen-bond acceptors (Lipinski definition) is 5. The summed E-state index contributed by atoms with van der Waals surface area (Å²) < 4.78 is 23.2. The molecule has 142 valence electrons. The Morgan fingerprint density at radius 2 is 1.69 bits per heavy atom. The van der Waals surface area contributed by atoms with Crippen molar-refractivity contribution in [1.29, 1.82) is 0 Å². The second-order valence-corrected chi connectivity index (χ2v) is 9.49. The molecule has 2 aliphatic heterocycles. The van der Waals surface area contributed by atoms with Crippen LogP contribution < -0.4 is 0 Å². The third-order valence-corrected chi connectivity index (χ3v) is 7.08. The highest BCUT2D eigenvalue weighted by atomic mass is 32.2. The van der Waals surface area contributed by atoms with Gasteiger partial charge < -0.3 is 4.90 Å². The number of Topliss-reactive ketones (excluding diaryl/α,β-unsaturated/α-hetero) is 1. The average molecular weight is 378 g/mol. The monoisotopic (exact) mass is 378 g/mol. The van der Waals surface area contributed by atoms with Crippen molar-refractivity contribution in [2.75, 3.05) is 37.7 Å². The Morgan fingerprint density at radius 3 is 2.27 bits per heavy atom. The van der Waals surface area contributed by atoms with Crippen LogP contribution in [0.1, 0.15) is 35.2 Å². The molecule has 2 fully saturated rings. The molecule has 1 atom stereocenters. The lowest BCUT2D eigenvalue weighted by Gasteiger charge is -2.37. The maximum Gasteiger partial charge on any atom is 0.223 e. The summed E-state index contributed by atoms with van der Waals surface area (Å²) in [6.07, 6.45) is 1.15. The number of sulfone groups is 1. The van der Waals surface area contributed by atoms with Crippen molar-refractivity contribution in [2.24, 2.45) is 0 Å². The lowest BCUT2D eigenvalue weighted by Crippen LogP contribution is -2.52. The fourth-order valence-corrected chi connectivity index (χ4v) is 5.42. The molecule has 26 heavy (non-hydrogen) atoms. The van der Waals surface area contributed by atoms with Crippen molar-refractivity contribution in [3.05, 3.63) is 35.4 Å². The van der Waals surface area contributed by atoms with E-state index < -0.39 is 9.84 Å². The number of ketones is 1. The summed E-state index contributed by atoms with van der Waals surface area (Å²) in [7, 11) is -2.88. The fourth-order valence-electron chi connectivity index (χ4n) is 3.66. The Morgan fingerprint density at radius 1 is 1.04 bits per heavy atom. The Balaban J connectivity index is 1.44. The number of carbonyl (C=O) groups is 2. The van der Waals surface area contributed by atoms with E-state index in [2.05, 4.69) is 4.90 Å². The molecule has 1 amide bonds. The minimum absolute atomic E-state index is 0.00385. The molecule has 1 unspecified atom stereocenters. The predicted octanol–water partition coefficient (Wildman–Crippen LogP) is 1.29. The van der Waals surface area contributed by atoms with Crippen LogP contribution in [0.2, 0.25) is 0 Å². The van der Waals surface area contributed by atoms with Gasteiger partial charge in [0.25, 0.3) is 0 Å². The van der Waals surface area contributed by atoms with E-state index in [9.17, 15) is 18.0 Å². The molecule has 0 aromatic heterocycles. The van der Waals surface area contributed by atoms with E-state index in [0.29, 0.717) is 38.2 Å². The first-order valence-corrected chi connectivity index (χ1v) is 11.0. The van der Waals surface area contributed by atoms with Gasteiger partial charge in [0.05, 0.1) is 11.5 Å². The van der Waals surface area contributed by atoms with E-state index in [1.807, 2.05) is 19.1 Å². The summed E-state index contributed by atoms with van der Waals surface area (Å²) in [6.45, 7) is 4.59. The van der Waals surface area contributed by atoms with Crippen LogP contribution in [-0.4, -0.2) is 73.6 Å². The van der Waals surface area contributed by atoms with Crippen LogP contribution in [0.25, 0.3) is 0 Å². The van der Waals surface area contributed by atoms with Crippen molar-refractivity contribution < 1.29 is 18.0 Å². The maximum atomic E-state index is 12.4. The van der Waals surface area contributed by atoms with Crippen LogP contribution in [-0.2, 0) is 14.6 Å². The van der Waals surface area contributed by atoms with Gasteiger partial charge in [-0.05, 0) is 13.3 Å². The molecule has 3 rings (SSSR count). The average Bonchev–Trinajstić information content (AvgIpc) is 3.00. The normalized spacial score (nSPS) is 23.1. The molecule has 0 aliphatic carbocycles. The van der Waals surface area contributed by atoms with E-state index in [-0.39, 0.29) is 42.1 Å². The van der Waals surface area contributed by atoms with Gasteiger partial charge in [0.1, 0.15) is 0 Å². The van der Waals surface area contributed by atoms with Gasteiger partial charge in [-0.1, -0.05) is 29.8 Å². The van der Waals surface area contributed by atoms with Gasteiger partial charge in [-0.3, -0.25) is 14.5 Å². The molecular formula is C19H26N2O4S. The van der Waals surface area contributed by atoms with Gasteiger partial charge in [-0.15, -0.1) is 0 Å². The number of amides is 1. The van der Waals surface area contributed by atoms with Crippen LogP contribution in [0.3, 0.4) is 0 Å². The molecule has 2 saturated heterocycles. The smallest absolute Gasteiger partial charge is 0.223 e. The van der Waals surface area contributed by atoms with Gasteiger partial charge >= 0.3 is 0 Å². The molecule has 2 aliphatic rings. The zero-order valence-corrected chi connectivity index (χ0v) is 16.0. The van der Waals surface area contributed by atoms with Crippen molar-refractivity contribution in [2.45, 2.75) is 32.2 Å². The van der Waals surface area contributed by atoms with Crippen LogP contribution >= 0.6 is 0 Å². The molecular weight excluding hydrogens is 352 g/mol.